The van der Waals surface area contributed by atoms with Crippen LogP contribution in [0.4, 0.5) is 5.82 Å². The molecule has 132 valence electrons. The van der Waals surface area contributed by atoms with Gasteiger partial charge in [0.1, 0.15) is 5.82 Å². The largest absolute Gasteiger partial charge is 0.359 e. The maximum absolute atomic E-state index is 11.9. The van der Waals surface area contributed by atoms with Gasteiger partial charge in [-0.25, -0.2) is 4.98 Å². The van der Waals surface area contributed by atoms with Crippen molar-refractivity contribution in [3.8, 4) is 0 Å². The molecule has 2 fully saturated rings. The SMILES string of the molecule is [2H]c1nc(N(C)C[C@H]2CC[C@H](N3CCN(C)C(=O)C3)CC2)c([2H])c([2H])c1I. The van der Waals surface area contributed by atoms with Crippen LogP contribution in [0.3, 0.4) is 0 Å². The molecule has 1 aromatic heterocycles. The first-order chi connectivity index (χ1) is 12.8. The van der Waals surface area contributed by atoms with Gasteiger partial charge in [-0.2, -0.15) is 0 Å². The van der Waals surface area contributed by atoms with E-state index in [1.54, 1.807) is 0 Å². The van der Waals surface area contributed by atoms with Gasteiger partial charge in [-0.05, 0) is 66.3 Å². The Morgan fingerprint density at radius 1 is 1.33 bits per heavy atom. The average Bonchev–Trinajstić information content (AvgIpc) is 2.65. The molecule has 0 unspecified atom stereocenters. The van der Waals surface area contributed by atoms with E-state index in [2.05, 4.69) is 9.88 Å². The molecule has 1 saturated heterocycles. The van der Waals surface area contributed by atoms with Gasteiger partial charge < -0.3 is 9.80 Å². The summed E-state index contributed by atoms with van der Waals surface area (Å²) in [6.07, 6.45) is 4.44. The molecule has 0 spiro atoms. The van der Waals surface area contributed by atoms with Gasteiger partial charge in [0.15, 0.2) is 0 Å². The van der Waals surface area contributed by atoms with E-state index >= 15 is 0 Å². The molecule has 5 nitrogen and oxygen atoms in total. The highest BCUT2D eigenvalue weighted by Gasteiger charge is 2.30. The Labute approximate surface area is 162 Å². The third kappa shape index (κ3) is 4.39. The van der Waals surface area contributed by atoms with E-state index < -0.39 is 0 Å². The predicted octanol–water partition coefficient (Wildman–Crippen LogP) is 2.46. The molecule has 0 radical (unpaired) electrons. The van der Waals surface area contributed by atoms with Crippen molar-refractivity contribution in [1.29, 1.82) is 0 Å². The van der Waals surface area contributed by atoms with Gasteiger partial charge >= 0.3 is 0 Å². The summed E-state index contributed by atoms with van der Waals surface area (Å²) in [5.74, 6) is 1.16. The third-order valence-electron chi connectivity index (χ3n) is 5.26. The minimum atomic E-state index is 0.0712. The van der Waals surface area contributed by atoms with E-state index in [1.807, 2.05) is 46.5 Å². The van der Waals surface area contributed by atoms with Crippen LogP contribution < -0.4 is 4.90 Å². The summed E-state index contributed by atoms with van der Waals surface area (Å²) in [7, 11) is 3.77. The van der Waals surface area contributed by atoms with Crippen molar-refractivity contribution in [1.82, 2.24) is 14.8 Å². The first-order valence-corrected chi connectivity index (χ1v) is 9.68. The first-order valence-electron chi connectivity index (χ1n) is 10.1. The van der Waals surface area contributed by atoms with Crippen LogP contribution in [0.25, 0.3) is 0 Å². The number of rotatable bonds is 4. The van der Waals surface area contributed by atoms with E-state index in [-0.39, 0.29) is 24.2 Å². The molecule has 0 aromatic carbocycles. The van der Waals surface area contributed by atoms with Gasteiger partial charge in [0, 0.05) is 49.5 Å². The number of hydrogen-bond acceptors (Lipinski definition) is 4. The molecule has 2 heterocycles. The number of amides is 1. The van der Waals surface area contributed by atoms with E-state index in [4.69, 9.17) is 4.11 Å². The van der Waals surface area contributed by atoms with E-state index in [0.29, 0.717) is 27.9 Å². The highest BCUT2D eigenvalue weighted by Crippen LogP contribution is 2.29. The van der Waals surface area contributed by atoms with Crippen LogP contribution in [0, 0.1) is 9.49 Å². The van der Waals surface area contributed by atoms with Crippen molar-refractivity contribution < 1.29 is 8.91 Å². The molecular weight excluding hydrogens is 415 g/mol. The second-order valence-corrected chi connectivity index (χ2v) is 8.03. The zero-order valence-electron chi connectivity index (χ0n) is 17.4. The van der Waals surface area contributed by atoms with Crippen molar-refractivity contribution in [2.24, 2.45) is 5.92 Å². The van der Waals surface area contributed by atoms with Gasteiger partial charge in [0.25, 0.3) is 0 Å². The second kappa shape index (κ2) is 7.99. The Morgan fingerprint density at radius 2 is 2.08 bits per heavy atom. The first kappa shape index (κ1) is 14.3. The second-order valence-electron chi connectivity index (χ2n) is 6.95. The summed E-state index contributed by atoms with van der Waals surface area (Å²) >= 11 is 1.91. The number of anilines is 1. The summed E-state index contributed by atoms with van der Waals surface area (Å²) in [6, 6.07) is 0.676. The minimum absolute atomic E-state index is 0.0712. The van der Waals surface area contributed by atoms with Gasteiger partial charge in [0.2, 0.25) is 5.91 Å². The predicted molar refractivity (Wildman–Crippen MR) is 105 cm³/mol. The fourth-order valence-electron chi connectivity index (χ4n) is 3.70. The zero-order valence-corrected chi connectivity index (χ0v) is 16.5. The van der Waals surface area contributed by atoms with Crippen molar-refractivity contribution in [2.45, 2.75) is 31.7 Å². The van der Waals surface area contributed by atoms with Crippen LogP contribution in [0.15, 0.2) is 18.3 Å². The fraction of sp³-hybridized carbons (Fsp3) is 0.667. The van der Waals surface area contributed by atoms with E-state index in [9.17, 15) is 4.79 Å². The minimum Gasteiger partial charge on any atom is -0.359 e. The highest BCUT2D eigenvalue weighted by molar-refractivity contribution is 14.1. The highest BCUT2D eigenvalue weighted by atomic mass is 127. The molecule has 24 heavy (non-hydrogen) atoms. The molecule has 3 rings (SSSR count). The Morgan fingerprint density at radius 3 is 2.79 bits per heavy atom. The number of carbonyl (C=O) groups is 1. The van der Waals surface area contributed by atoms with Crippen molar-refractivity contribution in [3.63, 3.8) is 0 Å². The maximum Gasteiger partial charge on any atom is 0.236 e. The number of aromatic nitrogens is 1. The summed E-state index contributed by atoms with van der Waals surface area (Å²) in [5.41, 5.74) is 0. The van der Waals surface area contributed by atoms with Crippen molar-refractivity contribution >= 4 is 34.3 Å². The van der Waals surface area contributed by atoms with E-state index in [0.717, 1.165) is 45.3 Å². The van der Waals surface area contributed by atoms with Crippen LogP contribution in [0.5, 0.6) is 0 Å². The zero-order chi connectivity index (χ0) is 19.7. The maximum atomic E-state index is 11.9. The molecule has 0 bridgehead atoms. The molecule has 1 aliphatic carbocycles. The number of halogens is 1. The number of likely N-dealkylation sites (N-methyl/N-ethyl adjacent to an activating group) is 1. The monoisotopic (exact) mass is 445 g/mol. The summed E-state index contributed by atoms with van der Waals surface area (Å²) in [4.78, 5) is 22.3. The van der Waals surface area contributed by atoms with Crippen LogP contribution in [0.2, 0.25) is 0 Å². The average molecular weight is 445 g/mol. The molecule has 6 heteroatoms. The van der Waals surface area contributed by atoms with E-state index in [1.165, 1.54) is 0 Å². The van der Waals surface area contributed by atoms with Crippen LogP contribution in [0.1, 0.15) is 29.8 Å². The summed E-state index contributed by atoms with van der Waals surface area (Å²) in [5, 5.41) is 0. The Kier molecular flexibility index (Phi) is 4.76. The molecule has 0 atom stereocenters. The topological polar surface area (TPSA) is 39.7 Å². The number of carbonyl (C=O) groups excluding carboxylic acids is 1. The fourth-order valence-corrected chi connectivity index (χ4v) is 3.96. The van der Waals surface area contributed by atoms with Crippen molar-refractivity contribution in [3.05, 3.63) is 21.8 Å². The lowest BCUT2D eigenvalue weighted by Crippen LogP contribution is -2.53. The van der Waals surface area contributed by atoms with Gasteiger partial charge in [0.05, 0.1) is 10.7 Å². The molecule has 1 amide bonds. The lowest BCUT2D eigenvalue weighted by molar-refractivity contribution is -0.135. The lowest BCUT2D eigenvalue weighted by atomic mass is 9.84. The molecule has 2 aliphatic rings. The molecule has 1 aromatic rings. The summed E-state index contributed by atoms with van der Waals surface area (Å²) in [6.45, 7) is 3.10. The van der Waals surface area contributed by atoms with Crippen molar-refractivity contribution in [2.75, 3.05) is 45.2 Å². The van der Waals surface area contributed by atoms with Crippen LogP contribution in [-0.4, -0.2) is 67.0 Å². The smallest absolute Gasteiger partial charge is 0.236 e. The van der Waals surface area contributed by atoms with Gasteiger partial charge in [-0.1, -0.05) is 0 Å². The Balaban J connectivity index is 1.56. The standard InChI is InChI=1S/C18H27IN4O/c1-21-9-10-23(13-18(21)24)16-6-3-14(4-7-16)12-22(2)17-8-5-15(19)11-20-17/h5,8,11,14,16H,3-4,6-7,9-10,12-13H2,1-2H3/t14-,16-/i5D,8D,11D. The third-order valence-corrected chi connectivity index (χ3v) is 5.77. The van der Waals surface area contributed by atoms with Crippen LogP contribution in [-0.2, 0) is 4.79 Å². The molecular formula is C18H27IN4O. The molecule has 1 saturated carbocycles. The Bertz CT molecular complexity index is 712. The van der Waals surface area contributed by atoms with Crippen LogP contribution >= 0.6 is 22.6 Å². The van der Waals surface area contributed by atoms with Gasteiger partial charge in [-0.3, -0.25) is 9.69 Å². The number of nitrogens with zero attached hydrogens (tertiary/aromatic N) is 4. The number of pyridine rings is 1. The Hall–Kier alpha value is -0.890. The number of piperazine rings is 1. The quantitative estimate of drug-likeness (QED) is 0.668. The lowest BCUT2D eigenvalue weighted by Gasteiger charge is -2.41. The van der Waals surface area contributed by atoms with Gasteiger partial charge in [-0.15, -0.1) is 0 Å². The normalized spacial score (nSPS) is 27.5. The molecule has 1 aliphatic heterocycles. The molecule has 0 N–H and O–H groups in total. The number of hydrogen-bond donors (Lipinski definition) is 0. The summed E-state index contributed by atoms with van der Waals surface area (Å²) < 4.78 is 24.5.